The summed E-state index contributed by atoms with van der Waals surface area (Å²) in [4.78, 5) is 32.0. The van der Waals surface area contributed by atoms with Gasteiger partial charge in [-0.25, -0.2) is 15.0 Å². The average Bonchev–Trinajstić information content (AvgIpc) is 3.28. The molecule has 1 amide bonds. The highest BCUT2D eigenvalue weighted by Crippen LogP contribution is 2.34. The number of likely N-dealkylation sites (tertiary alicyclic amines) is 1. The second-order valence-electron chi connectivity index (χ2n) is 9.17. The maximum absolute atomic E-state index is 13.3. The highest BCUT2D eigenvalue weighted by atomic mass is 16.2. The molecule has 2 aromatic heterocycles. The predicted molar refractivity (Wildman–Crippen MR) is 128 cm³/mol. The Morgan fingerprint density at radius 1 is 1.09 bits per heavy atom. The number of piperidine rings is 1. The van der Waals surface area contributed by atoms with Crippen LogP contribution in [0.25, 0.3) is 0 Å². The molecule has 2 aliphatic heterocycles. The zero-order valence-electron chi connectivity index (χ0n) is 19.6. The van der Waals surface area contributed by atoms with Gasteiger partial charge in [-0.3, -0.25) is 4.79 Å². The summed E-state index contributed by atoms with van der Waals surface area (Å²) in [6.45, 7) is 4.76. The minimum atomic E-state index is -0.107. The van der Waals surface area contributed by atoms with Crippen LogP contribution in [0.15, 0.2) is 42.7 Å². The lowest BCUT2D eigenvalue weighted by Gasteiger charge is -2.36. The lowest BCUT2D eigenvalue weighted by Crippen LogP contribution is -2.41. The van der Waals surface area contributed by atoms with Gasteiger partial charge in [-0.05, 0) is 51.0 Å². The van der Waals surface area contributed by atoms with Gasteiger partial charge in [0.15, 0.2) is 11.6 Å². The van der Waals surface area contributed by atoms with E-state index in [2.05, 4.69) is 47.1 Å². The summed E-state index contributed by atoms with van der Waals surface area (Å²) in [6, 6.07) is 10.5. The largest absolute Gasteiger partial charge is 0.356 e. The van der Waals surface area contributed by atoms with Crippen LogP contribution in [0.3, 0.4) is 0 Å². The first-order valence-corrected chi connectivity index (χ1v) is 12.1. The highest BCUT2D eigenvalue weighted by molar-refractivity contribution is 5.91. The first-order valence-electron chi connectivity index (χ1n) is 12.1. The zero-order valence-corrected chi connectivity index (χ0v) is 19.6. The van der Waals surface area contributed by atoms with Crippen molar-refractivity contribution in [1.82, 2.24) is 24.4 Å². The number of hydrogen-bond donors (Lipinski definition) is 0. The fraction of sp³-hybridized carbons (Fsp3) is 0.462. The van der Waals surface area contributed by atoms with Crippen LogP contribution in [0.4, 0.5) is 5.82 Å². The molecule has 0 radical (unpaired) electrons. The summed E-state index contributed by atoms with van der Waals surface area (Å²) in [5, 5.41) is 0. The van der Waals surface area contributed by atoms with Crippen LogP contribution in [0, 0.1) is 6.92 Å². The molecular formula is C26H32N6O. The molecule has 4 heterocycles. The van der Waals surface area contributed by atoms with E-state index < -0.39 is 0 Å². The monoisotopic (exact) mass is 444 g/mol. The lowest BCUT2D eigenvalue weighted by atomic mass is 9.99. The first kappa shape index (κ1) is 21.6. The number of benzene rings is 1. The van der Waals surface area contributed by atoms with Crippen molar-refractivity contribution in [3.63, 3.8) is 0 Å². The molecular weight excluding hydrogens is 412 g/mol. The SMILES string of the molecule is Cc1nc(C2CCCCN2C(=O)c2nccn2C)nc2c1CCCN2CCc1ccccc1. The highest BCUT2D eigenvalue weighted by Gasteiger charge is 2.34. The summed E-state index contributed by atoms with van der Waals surface area (Å²) in [7, 11) is 1.86. The van der Waals surface area contributed by atoms with Crippen LogP contribution in [0.2, 0.25) is 0 Å². The van der Waals surface area contributed by atoms with Gasteiger partial charge in [-0.15, -0.1) is 0 Å². The Hall–Kier alpha value is -3.22. The fourth-order valence-corrected chi connectivity index (χ4v) is 5.13. The number of amides is 1. The number of aromatic nitrogens is 4. The molecule has 7 nitrogen and oxygen atoms in total. The van der Waals surface area contributed by atoms with Crippen LogP contribution in [-0.2, 0) is 19.9 Å². The normalized spacial score (nSPS) is 18.3. The van der Waals surface area contributed by atoms with Crippen LogP contribution in [0.1, 0.15) is 65.0 Å². The minimum Gasteiger partial charge on any atom is -0.356 e. The summed E-state index contributed by atoms with van der Waals surface area (Å²) in [6.07, 6.45) is 9.59. The maximum atomic E-state index is 13.3. The molecule has 1 unspecified atom stereocenters. The zero-order chi connectivity index (χ0) is 22.8. The number of aryl methyl sites for hydroxylation is 2. The van der Waals surface area contributed by atoms with Crippen molar-refractivity contribution < 1.29 is 4.79 Å². The van der Waals surface area contributed by atoms with Crippen LogP contribution in [0.5, 0.6) is 0 Å². The van der Waals surface area contributed by atoms with Crippen molar-refractivity contribution in [2.75, 3.05) is 24.5 Å². The number of hydrogen-bond acceptors (Lipinski definition) is 5. The molecule has 0 saturated carbocycles. The van der Waals surface area contributed by atoms with Gasteiger partial charge in [0.05, 0.1) is 6.04 Å². The number of rotatable bonds is 5. The smallest absolute Gasteiger partial charge is 0.290 e. The molecule has 0 aliphatic carbocycles. The molecule has 1 aromatic carbocycles. The Balaban J connectivity index is 1.44. The van der Waals surface area contributed by atoms with Crippen molar-refractivity contribution in [3.8, 4) is 0 Å². The molecule has 0 N–H and O–H groups in total. The number of carbonyl (C=O) groups excluding carboxylic acids is 1. The standard InChI is InChI=1S/C26H32N6O/c1-19-21-11-8-15-31(17-13-20-9-4-3-5-10-20)24(21)29-23(28-19)22-12-6-7-16-32(22)26(33)25-27-14-18-30(25)2/h3-5,9-10,14,18,22H,6-8,11-13,15-17H2,1-2H3. The molecule has 5 rings (SSSR count). The quantitative estimate of drug-likeness (QED) is 0.597. The second kappa shape index (κ2) is 9.33. The van der Waals surface area contributed by atoms with Crippen molar-refractivity contribution >= 4 is 11.7 Å². The summed E-state index contributed by atoms with van der Waals surface area (Å²) < 4.78 is 1.79. The Kier molecular flexibility index (Phi) is 6.11. The number of imidazole rings is 1. The molecule has 1 atom stereocenters. The molecule has 2 aliphatic rings. The topological polar surface area (TPSA) is 67.2 Å². The van der Waals surface area contributed by atoms with E-state index in [9.17, 15) is 4.79 Å². The van der Waals surface area contributed by atoms with Crippen LogP contribution >= 0.6 is 0 Å². The number of fused-ring (bicyclic) bond motifs is 1. The molecule has 0 spiro atoms. The van der Waals surface area contributed by atoms with Gasteiger partial charge >= 0.3 is 0 Å². The second-order valence-corrected chi connectivity index (χ2v) is 9.17. The first-order chi connectivity index (χ1) is 16.1. The lowest BCUT2D eigenvalue weighted by molar-refractivity contribution is 0.0583. The van der Waals surface area contributed by atoms with Crippen LogP contribution < -0.4 is 4.90 Å². The summed E-state index contributed by atoms with van der Waals surface area (Å²) in [5.41, 5.74) is 3.65. The van der Waals surface area contributed by atoms with Gasteiger partial charge in [0.1, 0.15) is 5.82 Å². The summed E-state index contributed by atoms with van der Waals surface area (Å²) in [5.74, 6) is 2.28. The predicted octanol–water partition coefficient (Wildman–Crippen LogP) is 3.88. The van der Waals surface area contributed by atoms with E-state index in [0.29, 0.717) is 12.4 Å². The van der Waals surface area contributed by atoms with E-state index in [1.807, 2.05) is 18.1 Å². The average molecular weight is 445 g/mol. The fourth-order valence-electron chi connectivity index (χ4n) is 5.13. The van der Waals surface area contributed by atoms with Crippen molar-refractivity contribution in [2.24, 2.45) is 7.05 Å². The van der Waals surface area contributed by atoms with E-state index in [4.69, 9.17) is 9.97 Å². The Labute approximate surface area is 195 Å². The van der Waals surface area contributed by atoms with Gasteiger partial charge in [0.25, 0.3) is 5.91 Å². The third-order valence-corrected chi connectivity index (χ3v) is 6.95. The van der Waals surface area contributed by atoms with E-state index >= 15 is 0 Å². The van der Waals surface area contributed by atoms with Gasteiger partial charge in [0, 0.05) is 50.3 Å². The number of carbonyl (C=O) groups is 1. The molecule has 33 heavy (non-hydrogen) atoms. The van der Waals surface area contributed by atoms with E-state index in [0.717, 1.165) is 69.0 Å². The maximum Gasteiger partial charge on any atom is 0.290 e. The van der Waals surface area contributed by atoms with E-state index in [1.54, 1.807) is 10.8 Å². The Morgan fingerprint density at radius 2 is 1.94 bits per heavy atom. The van der Waals surface area contributed by atoms with E-state index in [-0.39, 0.29) is 11.9 Å². The number of anilines is 1. The molecule has 0 bridgehead atoms. The van der Waals surface area contributed by atoms with Crippen molar-refractivity contribution in [2.45, 2.75) is 51.5 Å². The molecule has 7 heteroatoms. The van der Waals surface area contributed by atoms with Gasteiger partial charge in [-0.1, -0.05) is 30.3 Å². The van der Waals surface area contributed by atoms with Crippen molar-refractivity contribution in [1.29, 1.82) is 0 Å². The Bertz CT molecular complexity index is 1130. The molecule has 1 saturated heterocycles. The van der Waals surface area contributed by atoms with Crippen LogP contribution in [-0.4, -0.2) is 50.0 Å². The van der Waals surface area contributed by atoms with Crippen molar-refractivity contribution in [3.05, 3.63) is 71.2 Å². The van der Waals surface area contributed by atoms with E-state index in [1.165, 1.54) is 11.1 Å². The molecule has 172 valence electrons. The van der Waals surface area contributed by atoms with Gasteiger partial charge < -0.3 is 14.4 Å². The van der Waals surface area contributed by atoms with Gasteiger partial charge in [-0.2, -0.15) is 0 Å². The molecule has 3 aromatic rings. The third kappa shape index (κ3) is 4.36. The molecule has 1 fully saturated rings. The minimum absolute atomic E-state index is 0.0351. The van der Waals surface area contributed by atoms with Gasteiger partial charge in [0.2, 0.25) is 0 Å². The third-order valence-electron chi connectivity index (χ3n) is 6.95. The number of nitrogens with zero attached hydrogens (tertiary/aromatic N) is 6. The summed E-state index contributed by atoms with van der Waals surface area (Å²) >= 11 is 0. The Morgan fingerprint density at radius 3 is 2.73 bits per heavy atom.